The van der Waals surface area contributed by atoms with E-state index in [2.05, 4.69) is 4.98 Å². The van der Waals surface area contributed by atoms with Gasteiger partial charge in [0.2, 0.25) is 5.95 Å². The third kappa shape index (κ3) is 2.88. The second kappa shape index (κ2) is 6.80. The molecule has 0 aliphatic heterocycles. The molecular weight excluding hydrogens is 371 g/mol. The van der Waals surface area contributed by atoms with Crippen molar-refractivity contribution in [1.29, 1.82) is 0 Å². The molecule has 0 unspecified atom stereocenters. The molecule has 0 aliphatic carbocycles. The number of benzene rings is 1. The molecule has 0 atom stereocenters. The van der Waals surface area contributed by atoms with Crippen LogP contribution in [0.2, 0.25) is 0 Å². The van der Waals surface area contributed by atoms with Crippen LogP contribution in [0.25, 0.3) is 16.8 Å². The van der Waals surface area contributed by atoms with Gasteiger partial charge in [0.15, 0.2) is 17.2 Å². The predicted molar refractivity (Wildman–Crippen MR) is 94.2 cm³/mol. The van der Waals surface area contributed by atoms with Crippen molar-refractivity contribution in [3.05, 3.63) is 94.4 Å². The number of aromatic nitrogens is 3. The number of pyridine rings is 2. The number of fused-ring (bicyclic) bond motifs is 1. The van der Waals surface area contributed by atoms with E-state index in [0.29, 0.717) is 11.2 Å². The van der Waals surface area contributed by atoms with Gasteiger partial charge < -0.3 is 5.11 Å². The molecule has 1 N–H and O–H groups in total. The van der Waals surface area contributed by atoms with Crippen molar-refractivity contribution in [3.8, 4) is 17.0 Å². The van der Waals surface area contributed by atoms with E-state index in [1.807, 2.05) is 0 Å². The van der Waals surface area contributed by atoms with Crippen molar-refractivity contribution >= 4 is 5.65 Å². The Morgan fingerprint density at radius 3 is 2.61 bits per heavy atom. The van der Waals surface area contributed by atoms with Crippen molar-refractivity contribution < 1.29 is 22.7 Å². The summed E-state index contributed by atoms with van der Waals surface area (Å²) in [7, 11) is 0. The second-order valence-corrected chi connectivity index (χ2v) is 6.11. The summed E-state index contributed by atoms with van der Waals surface area (Å²) in [5.74, 6) is -3.57. The maximum atomic E-state index is 14.4. The Morgan fingerprint density at radius 2 is 1.86 bits per heavy atom. The average Bonchev–Trinajstić information content (AvgIpc) is 2.70. The first-order valence-corrected chi connectivity index (χ1v) is 8.28. The molecule has 3 heterocycles. The van der Waals surface area contributed by atoms with Gasteiger partial charge in [-0.25, -0.2) is 18.6 Å². The van der Waals surface area contributed by atoms with Gasteiger partial charge in [0.25, 0.3) is 11.5 Å². The number of nitrogens with zero attached hydrogens (tertiary/aromatic N) is 3. The fourth-order valence-corrected chi connectivity index (χ4v) is 3.06. The monoisotopic (exact) mass is 384 g/mol. The smallest absolute Gasteiger partial charge is 0.354 e. The molecule has 4 rings (SSSR count). The topological polar surface area (TPSA) is 59.2 Å². The molecule has 0 saturated heterocycles. The maximum Gasteiger partial charge on any atom is 0.354 e. The summed E-state index contributed by atoms with van der Waals surface area (Å²) in [5, 5.41) is 10.8. The van der Waals surface area contributed by atoms with E-state index in [4.69, 9.17) is 0 Å². The molecule has 0 saturated carbocycles. The highest BCUT2D eigenvalue weighted by Gasteiger charge is 2.27. The minimum absolute atomic E-state index is 0.0246. The first-order chi connectivity index (χ1) is 13.5. The summed E-state index contributed by atoms with van der Waals surface area (Å²) in [6.45, 7) is 0.0246. The minimum atomic E-state index is -1.24. The lowest BCUT2D eigenvalue weighted by Crippen LogP contribution is -2.43. The van der Waals surface area contributed by atoms with E-state index in [-0.39, 0.29) is 17.7 Å². The highest BCUT2D eigenvalue weighted by molar-refractivity contribution is 5.68. The predicted octanol–water partition coefficient (Wildman–Crippen LogP) is 2.82. The van der Waals surface area contributed by atoms with Gasteiger partial charge in [0.05, 0.1) is 6.20 Å². The van der Waals surface area contributed by atoms with Crippen LogP contribution in [0.15, 0.2) is 65.7 Å². The maximum absolute atomic E-state index is 14.4. The van der Waals surface area contributed by atoms with E-state index >= 15 is 0 Å². The van der Waals surface area contributed by atoms with Gasteiger partial charge in [0.1, 0.15) is 6.54 Å². The molecule has 0 radical (unpaired) electrons. The summed E-state index contributed by atoms with van der Waals surface area (Å²) >= 11 is 0. The van der Waals surface area contributed by atoms with E-state index in [0.717, 1.165) is 12.1 Å². The van der Waals surface area contributed by atoms with E-state index in [1.165, 1.54) is 39.6 Å². The molecule has 3 aromatic heterocycles. The number of hydrogen-bond acceptors (Lipinski definition) is 3. The standard InChI is InChI=1S/C20H12F3N3O2/c21-14-5-3-4-13(18(14)23)17-19(27)25-9-2-1-6-16(25)26(20(17)28)11-12-7-8-15(22)24-10-12/h1-10H,11H2/p+1. The molecule has 0 bridgehead atoms. The van der Waals surface area contributed by atoms with Gasteiger partial charge >= 0.3 is 5.56 Å². The minimum Gasteiger partial charge on any atom is -0.477 e. The Kier molecular flexibility index (Phi) is 4.31. The van der Waals surface area contributed by atoms with Gasteiger partial charge in [-0.05, 0) is 24.3 Å². The molecule has 0 fully saturated rings. The van der Waals surface area contributed by atoms with Gasteiger partial charge in [-0.2, -0.15) is 13.4 Å². The van der Waals surface area contributed by atoms with Gasteiger partial charge in [-0.1, -0.05) is 18.2 Å². The highest BCUT2D eigenvalue weighted by Crippen LogP contribution is 2.29. The Balaban J connectivity index is 2.03. The van der Waals surface area contributed by atoms with Crippen molar-refractivity contribution in [2.75, 3.05) is 0 Å². The Hall–Kier alpha value is -3.68. The van der Waals surface area contributed by atoms with Crippen molar-refractivity contribution in [2.24, 2.45) is 0 Å². The summed E-state index contributed by atoms with van der Waals surface area (Å²) < 4.78 is 43.7. The lowest BCUT2D eigenvalue weighted by Gasteiger charge is -2.10. The van der Waals surface area contributed by atoms with Crippen LogP contribution in [0.4, 0.5) is 13.2 Å². The highest BCUT2D eigenvalue weighted by atomic mass is 19.2. The molecule has 0 spiro atoms. The third-order valence-corrected chi connectivity index (χ3v) is 4.38. The molecule has 0 aliphatic rings. The summed E-state index contributed by atoms with van der Waals surface area (Å²) in [6, 6.07) is 10.9. The van der Waals surface area contributed by atoms with Crippen molar-refractivity contribution in [1.82, 2.24) is 9.55 Å². The second-order valence-electron chi connectivity index (χ2n) is 6.11. The fourth-order valence-electron chi connectivity index (χ4n) is 3.06. The Morgan fingerprint density at radius 1 is 1.04 bits per heavy atom. The van der Waals surface area contributed by atoms with Crippen LogP contribution in [0.1, 0.15) is 5.56 Å². The molecule has 5 nitrogen and oxygen atoms in total. The first-order valence-electron chi connectivity index (χ1n) is 8.28. The third-order valence-electron chi connectivity index (χ3n) is 4.38. The number of halogens is 3. The Bertz CT molecular complexity index is 1250. The first kappa shape index (κ1) is 17.7. The molecule has 140 valence electrons. The molecule has 28 heavy (non-hydrogen) atoms. The lowest BCUT2D eigenvalue weighted by atomic mass is 10.1. The zero-order chi connectivity index (χ0) is 19.8. The number of hydrogen-bond donors (Lipinski definition) is 1. The zero-order valence-corrected chi connectivity index (χ0v) is 14.3. The normalized spacial score (nSPS) is 11.1. The lowest BCUT2D eigenvalue weighted by molar-refractivity contribution is -0.532. The van der Waals surface area contributed by atoms with Crippen molar-refractivity contribution in [3.63, 3.8) is 0 Å². The number of rotatable bonds is 3. The van der Waals surface area contributed by atoms with E-state index in [1.54, 1.807) is 18.2 Å². The van der Waals surface area contributed by atoms with Gasteiger partial charge in [-0.3, -0.25) is 0 Å². The number of aromatic hydroxyl groups is 1. The average molecular weight is 384 g/mol. The fraction of sp³-hybridized carbons (Fsp3) is 0.0500. The SMILES string of the molecule is O=c1c(-c2cccc(F)c2F)c(O)n(Cc2ccc(F)nc2)c2cccc[n+]12. The van der Waals surface area contributed by atoms with E-state index in [9.17, 15) is 23.1 Å². The van der Waals surface area contributed by atoms with Gasteiger partial charge in [-0.15, -0.1) is 0 Å². The van der Waals surface area contributed by atoms with E-state index < -0.39 is 29.0 Å². The van der Waals surface area contributed by atoms with Crippen LogP contribution in [-0.4, -0.2) is 14.7 Å². The van der Waals surface area contributed by atoms with Crippen LogP contribution in [0, 0.1) is 17.6 Å². The summed E-state index contributed by atoms with van der Waals surface area (Å²) in [5.41, 5.74) is -0.583. The molecule has 0 amide bonds. The van der Waals surface area contributed by atoms with Crippen molar-refractivity contribution in [2.45, 2.75) is 6.54 Å². The molecule has 4 aromatic rings. The van der Waals surface area contributed by atoms with Crippen LogP contribution < -0.4 is 9.96 Å². The summed E-state index contributed by atoms with van der Waals surface area (Å²) in [4.78, 5) is 16.5. The van der Waals surface area contributed by atoms with Crippen LogP contribution in [0.3, 0.4) is 0 Å². The summed E-state index contributed by atoms with van der Waals surface area (Å²) in [6.07, 6.45) is 2.74. The molecule has 8 heteroatoms. The largest absolute Gasteiger partial charge is 0.477 e. The molecular formula is C20H13F3N3O2+. The molecule has 1 aromatic carbocycles. The van der Waals surface area contributed by atoms with Crippen LogP contribution in [0.5, 0.6) is 5.88 Å². The quantitative estimate of drug-likeness (QED) is 0.437. The van der Waals surface area contributed by atoms with Gasteiger partial charge in [0, 0.05) is 23.4 Å². The van der Waals surface area contributed by atoms with Crippen LogP contribution >= 0.6 is 0 Å². The Labute approximate surface area is 156 Å². The zero-order valence-electron chi connectivity index (χ0n) is 14.3. The van der Waals surface area contributed by atoms with Crippen LogP contribution in [-0.2, 0) is 6.54 Å².